The Kier molecular flexibility index (Phi) is 7.05. The molecule has 2 aromatic rings. The van der Waals surface area contributed by atoms with Crippen molar-refractivity contribution in [3.05, 3.63) is 97.1 Å². The van der Waals surface area contributed by atoms with Gasteiger partial charge in [-0.15, -0.1) is 0 Å². The van der Waals surface area contributed by atoms with E-state index in [4.69, 9.17) is 5.63 Å². The third-order valence-corrected chi connectivity index (χ3v) is 16.3. The molecule has 4 nitrogen and oxygen atoms in total. The van der Waals surface area contributed by atoms with Gasteiger partial charge in [-0.2, -0.15) is 0 Å². The first kappa shape index (κ1) is 22.4. The van der Waals surface area contributed by atoms with Gasteiger partial charge in [-0.25, -0.2) is 0 Å². The third kappa shape index (κ3) is 5.00. The zero-order valence-electron chi connectivity index (χ0n) is 17.3. The van der Waals surface area contributed by atoms with E-state index in [1.54, 1.807) is 12.5 Å². The maximum absolute atomic E-state index is 12.0. The Hall–Kier alpha value is -1.82. The van der Waals surface area contributed by atoms with Gasteiger partial charge in [0.2, 0.25) is 0 Å². The van der Waals surface area contributed by atoms with E-state index in [2.05, 4.69) is 24.3 Å². The summed E-state index contributed by atoms with van der Waals surface area (Å²) in [5.74, 6) is 1.34. The summed E-state index contributed by atoms with van der Waals surface area (Å²) < 4.78 is 37.8. The second-order valence-corrected chi connectivity index (χ2v) is 18.0. The van der Waals surface area contributed by atoms with Crippen molar-refractivity contribution in [3.8, 4) is 11.5 Å². The molecule has 2 atom stereocenters. The van der Waals surface area contributed by atoms with Gasteiger partial charge in [-0.3, -0.25) is 0 Å². The summed E-state index contributed by atoms with van der Waals surface area (Å²) in [4.78, 5) is 1.44. The Bertz CT molecular complexity index is 1020. The molecular weight excluding hydrogens is 508 g/mol. The van der Waals surface area contributed by atoms with Crippen LogP contribution in [0.1, 0.15) is 0 Å². The first-order valence-corrected chi connectivity index (χ1v) is 17.9. The number of allylic oxidation sites excluding steroid dienone is 8. The summed E-state index contributed by atoms with van der Waals surface area (Å²) in [5.41, 5.74) is 0. The molecule has 0 aromatic heterocycles. The Morgan fingerprint density at radius 1 is 0.677 bits per heavy atom. The molecule has 2 aliphatic rings. The van der Waals surface area contributed by atoms with Crippen LogP contribution in [0.15, 0.2) is 107 Å². The van der Waals surface area contributed by atoms with E-state index in [1.165, 1.54) is 0 Å². The van der Waals surface area contributed by atoms with Crippen LogP contribution in [0, 0.1) is 0 Å². The topological polar surface area (TPSA) is 52.6 Å². The van der Waals surface area contributed by atoms with Crippen LogP contribution < -0.4 is 5.63 Å². The molecule has 0 radical (unpaired) electrons. The summed E-state index contributed by atoms with van der Waals surface area (Å²) in [6, 6.07) is 14.9. The van der Waals surface area contributed by atoms with Gasteiger partial charge in [-0.05, 0) is 0 Å². The quantitative estimate of drug-likeness (QED) is 0.456. The van der Waals surface area contributed by atoms with Gasteiger partial charge in [0.1, 0.15) is 0 Å². The maximum atomic E-state index is 12.0. The number of hydrogen-bond acceptors (Lipinski definition) is 4. The van der Waals surface area contributed by atoms with Crippen molar-refractivity contribution < 1.29 is 35.2 Å². The molecule has 7 heteroatoms. The van der Waals surface area contributed by atoms with Gasteiger partial charge in [0.05, 0.1) is 0 Å². The van der Waals surface area contributed by atoms with Gasteiger partial charge in [0.25, 0.3) is 0 Å². The second-order valence-electron chi connectivity index (χ2n) is 7.37. The van der Waals surface area contributed by atoms with E-state index in [0.717, 1.165) is 9.79 Å². The molecule has 0 N–H and O–H groups in total. The van der Waals surface area contributed by atoms with Crippen molar-refractivity contribution >= 4 is 21.6 Å². The summed E-state index contributed by atoms with van der Waals surface area (Å²) in [6.07, 6.45) is 20.0. The molecule has 2 aliphatic carbocycles. The third-order valence-electron chi connectivity index (χ3n) is 5.25. The fourth-order valence-corrected chi connectivity index (χ4v) is 13.5. The first-order chi connectivity index (χ1) is 15.0. The monoisotopic (exact) mass is 530 g/mol. The van der Waals surface area contributed by atoms with Gasteiger partial charge in [-0.1, -0.05) is 0 Å². The van der Waals surface area contributed by atoms with Crippen LogP contribution in [0.25, 0.3) is 0 Å². The van der Waals surface area contributed by atoms with E-state index in [0.29, 0.717) is 11.5 Å². The molecule has 0 spiro atoms. The molecule has 31 heavy (non-hydrogen) atoms. The minimum absolute atomic E-state index is 0.0401. The Morgan fingerprint density at radius 3 is 1.42 bits per heavy atom. The fourth-order valence-electron chi connectivity index (χ4n) is 3.72. The van der Waals surface area contributed by atoms with Gasteiger partial charge in [0.15, 0.2) is 0 Å². The minimum atomic E-state index is -4.07. The molecule has 0 bridgehead atoms. The number of benzene rings is 2. The van der Waals surface area contributed by atoms with Gasteiger partial charge in [0, 0.05) is 0 Å². The zero-order chi connectivity index (χ0) is 21.8. The predicted molar refractivity (Wildman–Crippen MR) is 123 cm³/mol. The van der Waals surface area contributed by atoms with Crippen LogP contribution in [0.4, 0.5) is 0 Å². The zero-order valence-corrected chi connectivity index (χ0v) is 21.4. The summed E-state index contributed by atoms with van der Waals surface area (Å²) in [6.45, 7) is 0. The van der Waals surface area contributed by atoms with Crippen LogP contribution >= 0.6 is 0 Å². The average molecular weight is 532 g/mol. The molecule has 0 amide bonds. The molecule has 0 aliphatic heterocycles. The molecule has 2 aromatic carbocycles. The molecule has 160 valence electrons. The van der Waals surface area contributed by atoms with E-state index in [9.17, 15) is 8.42 Å². The van der Waals surface area contributed by atoms with Crippen LogP contribution in [0.2, 0.25) is 7.25 Å². The molecule has 4 rings (SSSR count). The van der Waals surface area contributed by atoms with Crippen molar-refractivity contribution in [1.29, 1.82) is 0 Å². The Labute approximate surface area is 193 Å². The van der Waals surface area contributed by atoms with Crippen LogP contribution in [-0.2, 0) is 42.7 Å². The second kappa shape index (κ2) is 9.76. The van der Waals surface area contributed by atoms with Crippen LogP contribution in [-0.4, -0.2) is 20.9 Å². The number of hydrogen-bond donors (Lipinski definition) is 0. The standard InChI is InChI=1S/2C7H8O2S.2C5H5.Zr/c2*1-10(9)7-4-2-3-6(8)5-7;2*1-2-4-5-3-1;/h2*2-5,8H,1H3;2*1-5H;/q;;;;+2/p-2. The SMILES string of the molecule is CS(=O)c1cccc([O][Zr]([O]c2cccc(S(C)=O)c2)([CH]2C=CC=C2)[CH]2C=CC=C2)c1. The summed E-state index contributed by atoms with van der Waals surface area (Å²) in [5, 5.41) is 0. The van der Waals surface area contributed by atoms with Crippen LogP contribution in [0.3, 0.4) is 0 Å². The molecule has 0 saturated carbocycles. The van der Waals surface area contributed by atoms with E-state index in [1.807, 2.05) is 72.8 Å². The molecule has 2 unspecified atom stereocenters. The summed E-state index contributed by atoms with van der Waals surface area (Å²) in [7, 11) is -2.21. The Morgan fingerprint density at radius 2 is 1.06 bits per heavy atom. The molecule has 0 fully saturated rings. The van der Waals surface area contributed by atoms with Crippen molar-refractivity contribution in [2.45, 2.75) is 17.0 Å². The van der Waals surface area contributed by atoms with E-state index < -0.39 is 42.7 Å². The van der Waals surface area contributed by atoms with Crippen molar-refractivity contribution in [1.82, 2.24) is 0 Å². The van der Waals surface area contributed by atoms with E-state index >= 15 is 0 Å². The van der Waals surface area contributed by atoms with Gasteiger partial charge < -0.3 is 0 Å². The first-order valence-electron chi connectivity index (χ1n) is 9.93. The fraction of sp³-hybridized carbons (Fsp3) is 0.167. The normalized spacial score (nSPS) is 17.9. The number of rotatable bonds is 8. The Balaban J connectivity index is 1.80. The van der Waals surface area contributed by atoms with Crippen molar-refractivity contribution in [3.63, 3.8) is 0 Å². The average Bonchev–Trinajstić information content (AvgIpc) is 3.48. The predicted octanol–water partition coefficient (Wildman–Crippen LogP) is 5.43. The van der Waals surface area contributed by atoms with Crippen LogP contribution in [0.5, 0.6) is 11.5 Å². The van der Waals surface area contributed by atoms with Gasteiger partial charge >= 0.3 is 195 Å². The van der Waals surface area contributed by atoms with Crippen molar-refractivity contribution in [2.75, 3.05) is 12.5 Å². The molecule has 0 saturated heterocycles. The van der Waals surface area contributed by atoms with Crippen molar-refractivity contribution in [2.24, 2.45) is 0 Å². The van der Waals surface area contributed by atoms with E-state index in [-0.39, 0.29) is 7.25 Å². The molecule has 0 heterocycles. The molecular formula is C24H24O4S2Zr. The summed E-state index contributed by atoms with van der Waals surface area (Å²) >= 11 is -4.07.